The zero-order valence-corrected chi connectivity index (χ0v) is 12.8. The molecule has 1 N–H and O–H groups in total. The summed E-state index contributed by atoms with van der Waals surface area (Å²) in [4.78, 5) is 0. The molecule has 0 aliphatic carbocycles. The summed E-state index contributed by atoms with van der Waals surface area (Å²) in [6.45, 7) is 6.36. The van der Waals surface area contributed by atoms with E-state index in [4.69, 9.17) is 9.47 Å². The lowest BCUT2D eigenvalue weighted by Crippen LogP contribution is -2.07. The summed E-state index contributed by atoms with van der Waals surface area (Å²) in [5.74, 6) is 1.84. The summed E-state index contributed by atoms with van der Waals surface area (Å²) >= 11 is 0. The smallest absolute Gasteiger partial charge is 0.119 e. The van der Waals surface area contributed by atoms with Crippen LogP contribution in [0.15, 0.2) is 48.5 Å². The van der Waals surface area contributed by atoms with Crippen molar-refractivity contribution in [2.75, 3.05) is 25.1 Å². The van der Waals surface area contributed by atoms with E-state index in [0.29, 0.717) is 13.2 Å². The first kappa shape index (κ1) is 15.2. The third-order valence-corrected chi connectivity index (χ3v) is 3.11. The molecular formula is C18H23NO2. The number of hydrogen-bond acceptors (Lipinski definition) is 3. The van der Waals surface area contributed by atoms with Gasteiger partial charge in [-0.3, -0.25) is 0 Å². The van der Waals surface area contributed by atoms with Gasteiger partial charge >= 0.3 is 0 Å². The first-order valence-electron chi connectivity index (χ1n) is 7.44. The summed E-state index contributed by atoms with van der Waals surface area (Å²) in [6.07, 6.45) is 0.959. The standard InChI is InChI=1S/C18H23NO2/c1-3-20-17-11-7-16(8-12-17)19-13-4-14-21-18-9-5-15(2)6-10-18/h5-12,19H,3-4,13-14H2,1-2H3. The lowest BCUT2D eigenvalue weighted by atomic mass is 10.2. The lowest BCUT2D eigenvalue weighted by molar-refractivity contribution is 0.315. The van der Waals surface area contributed by atoms with Gasteiger partial charge in [0.15, 0.2) is 0 Å². The van der Waals surface area contributed by atoms with Crippen LogP contribution in [0.4, 0.5) is 5.69 Å². The van der Waals surface area contributed by atoms with Crippen LogP contribution >= 0.6 is 0 Å². The molecule has 2 aromatic rings. The third kappa shape index (κ3) is 5.38. The molecule has 112 valence electrons. The third-order valence-electron chi connectivity index (χ3n) is 3.11. The fourth-order valence-electron chi connectivity index (χ4n) is 1.97. The van der Waals surface area contributed by atoms with Gasteiger partial charge in [0.1, 0.15) is 11.5 Å². The number of rotatable bonds is 8. The van der Waals surface area contributed by atoms with E-state index in [9.17, 15) is 0 Å². The summed E-state index contributed by atoms with van der Waals surface area (Å²) in [7, 11) is 0. The Morgan fingerprint density at radius 2 is 1.48 bits per heavy atom. The maximum Gasteiger partial charge on any atom is 0.119 e. The van der Waals surface area contributed by atoms with Crippen molar-refractivity contribution in [3.63, 3.8) is 0 Å². The van der Waals surface area contributed by atoms with Crippen molar-refractivity contribution in [3.8, 4) is 11.5 Å². The van der Waals surface area contributed by atoms with E-state index in [2.05, 4.69) is 24.4 Å². The van der Waals surface area contributed by atoms with Crippen LogP contribution in [0, 0.1) is 6.92 Å². The highest BCUT2D eigenvalue weighted by Gasteiger charge is 1.96. The average Bonchev–Trinajstić information content (AvgIpc) is 2.51. The van der Waals surface area contributed by atoms with Crippen LogP contribution < -0.4 is 14.8 Å². The van der Waals surface area contributed by atoms with Crippen molar-refractivity contribution in [2.24, 2.45) is 0 Å². The van der Waals surface area contributed by atoms with Gasteiger partial charge in [0.05, 0.1) is 13.2 Å². The van der Waals surface area contributed by atoms with Crippen molar-refractivity contribution >= 4 is 5.69 Å². The van der Waals surface area contributed by atoms with Gasteiger partial charge in [-0.1, -0.05) is 17.7 Å². The Bertz CT molecular complexity index is 520. The predicted octanol–water partition coefficient (Wildman–Crippen LogP) is 4.27. The van der Waals surface area contributed by atoms with E-state index < -0.39 is 0 Å². The molecule has 0 saturated carbocycles. The highest BCUT2D eigenvalue weighted by Crippen LogP contribution is 2.15. The Morgan fingerprint density at radius 3 is 2.14 bits per heavy atom. The zero-order valence-electron chi connectivity index (χ0n) is 12.8. The molecule has 2 aromatic carbocycles. The van der Waals surface area contributed by atoms with Crippen LogP contribution in [-0.4, -0.2) is 19.8 Å². The normalized spacial score (nSPS) is 10.2. The van der Waals surface area contributed by atoms with E-state index in [-0.39, 0.29) is 0 Å². The molecule has 21 heavy (non-hydrogen) atoms. The second-order valence-corrected chi connectivity index (χ2v) is 4.90. The Balaban J connectivity index is 1.64. The van der Waals surface area contributed by atoms with Crippen LogP contribution in [0.1, 0.15) is 18.9 Å². The number of anilines is 1. The Labute approximate surface area is 126 Å². The number of benzene rings is 2. The summed E-state index contributed by atoms with van der Waals surface area (Å²) < 4.78 is 11.1. The number of hydrogen-bond donors (Lipinski definition) is 1. The first-order valence-corrected chi connectivity index (χ1v) is 7.44. The largest absolute Gasteiger partial charge is 0.494 e. The van der Waals surface area contributed by atoms with Gasteiger partial charge in [-0.15, -0.1) is 0 Å². The second-order valence-electron chi connectivity index (χ2n) is 4.90. The molecule has 3 nitrogen and oxygen atoms in total. The number of ether oxygens (including phenoxy) is 2. The molecule has 0 aromatic heterocycles. The topological polar surface area (TPSA) is 30.5 Å². The van der Waals surface area contributed by atoms with Gasteiger partial charge in [-0.25, -0.2) is 0 Å². The molecule has 2 rings (SSSR count). The minimum atomic E-state index is 0.698. The van der Waals surface area contributed by atoms with E-state index in [1.807, 2.05) is 43.3 Å². The van der Waals surface area contributed by atoms with E-state index in [1.54, 1.807) is 0 Å². The second kappa shape index (κ2) is 8.20. The molecule has 0 radical (unpaired) electrons. The van der Waals surface area contributed by atoms with Gasteiger partial charge < -0.3 is 14.8 Å². The van der Waals surface area contributed by atoms with Gasteiger partial charge in [-0.2, -0.15) is 0 Å². The lowest BCUT2D eigenvalue weighted by Gasteiger charge is -2.09. The van der Waals surface area contributed by atoms with Gasteiger partial charge in [0.2, 0.25) is 0 Å². The highest BCUT2D eigenvalue weighted by atomic mass is 16.5. The molecular weight excluding hydrogens is 262 g/mol. The fourth-order valence-corrected chi connectivity index (χ4v) is 1.97. The van der Waals surface area contributed by atoms with E-state index in [0.717, 1.165) is 30.2 Å². The van der Waals surface area contributed by atoms with Crippen LogP contribution in [0.25, 0.3) is 0 Å². The molecule has 0 heterocycles. The maximum absolute atomic E-state index is 5.69. The molecule has 0 saturated heterocycles. The Hall–Kier alpha value is -2.16. The highest BCUT2D eigenvalue weighted by molar-refractivity contribution is 5.46. The van der Waals surface area contributed by atoms with E-state index in [1.165, 1.54) is 5.56 Å². The molecule has 0 spiro atoms. The van der Waals surface area contributed by atoms with Crippen molar-refractivity contribution in [3.05, 3.63) is 54.1 Å². The molecule has 0 bridgehead atoms. The minimum Gasteiger partial charge on any atom is -0.494 e. The van der Waals surface area contributed by atoms with Crippen molar-refractivity contribution in [1.29, 1.82) is 0 Å². The monoisotopic (exact) mass is 285 g/mol. The Kier molecular flexibility index (Phi) is 5.95. The van der Waals surface area contributed by atoms with Gasteiger partial charge in [-0.05, 0) is 56.7 Å². The zero-order chi connectivity index (χ0) is 14.9. The predicted molar refractivity (Wildman–Crippen MR) is 87.4 cm³/mol. The fraction of sp³-hybridized carbons (Fsp3) is 0.333. The molecule has 0 unspecified atom stereocenters. The van der Waals surface area contributed by atoms with Crippen molar-refractivity contribution in [1.82, 2.24) is 0 Å². The summed E-state index contributed by atoms with van der Waals surface area (Å²) in [5, 5.41) is 3.37. The minimum absolute atomic E-state index is 0.698. The maximum atomic E-state index is 5.69. The van der Waals surface area contributed by atoms with Crippen molar-refractivity contribution in [2.45, 2.75) is 20.3 Å². The number of aryl methyl sites for hydroxylation is 1. The van der Waals surface area contributed by atoms with Crippen LogP contribution in [-0.2, 0) is 0 Å². The SMILES string of the molecule is CCOc1ccc(NCCCOc2ccc(C)cc2)cc1. The van der Waals surface area contributed by atoms with Crippen LogP contribution in [0.2, 0.25) is 0 Å². The molecule has 0 aliphatic heterocycles. The molecule has 0 atom stereocenters. The first-order chi connectivity index (χ1) is 10.3. The summed E-state index contributed by atoms with van der Waals surface area (Å²) in [5.41, 5.74) is 2.35. The van der Waals surface area contributed by atoms with Gasteiger partial charge in [0, 0.05) is 12.2 Å². The molecule has 0 amide bonds. The van der Waals surface area contributed by atoms with E-state index >= 15 is 0 Å². The number of nitrogens with one attached hydrogen (secondary N) is 1. The molecule has 0 aliphatic rings. The average molecular weight is 285 g/mol. The van der Waals surface area contributed by atoms with Crippen LogP contribution in [0.5, 0.6) is 11.5 Å². The Morgan fingerprint density at radius 1 is 0.857 bits per heavy atom. The molecule has 0 fully saturated rings. The van der Waals surface area contributed by atoms with Crippen molar-refractivity contribution < 1.29 is 9.47 Å². The quantitative estimate of drug-likeness (QED) is 0.735. The van der Waals surface area contributed by atoms with Gasteiger partial charge in [0.25, 0.3) is 0 Å². The van der Waals surface area contributed by atoms with Crippen LogP contribution in [0.3, 0.4) is 0 Å². The molecule has 3 heteroatoms. The summed E-state index contributed by atoms with van der Waals surface area (Å²) in [6, 6.07) is 16.2.